The van der Waals surface area contributed by atoms with E-state index in [0.717, 1.165) is 0 Å². The minimum absolute atomic E-state index is 0.258. The lowest BCUT2D eigenvalue weighted by atomic mass is 10.3. The van der Waals surface area contributed by atoms with E-state index >= 15 is 0 Å². The van der Waals surface area contributed by atoms with Crippen LogP contribution in [0.25, 0.3) is 0 Å². The Balaban J connectivity index is 3.54. The van der Waals surface area contributed by atoms with Crippen molar-refractivity contribution in [1.82, 2.24) is 0 Å². The van der Waals surface area contributed by atoms with Crippen LogP contribution in [0.2, 0.25) is 0 Å². The van der Waals surface area contributed by atoms with Crippen LogP contribution in [0.3, 0.4) is 0 Å². The number of hydrogen-bond donors (Lipinski definition) is 0. The Hall–Kier alpha value is 0.430. The van der Waals surface area contributed by atoms with Crippen molar-refractivity contribution in [1.29, 1.82) is 0 Å². The molecular weight excluding hydrogens is 103 g/mol. The summed E-state index contributed by atoms with van der Waals surface area (Å²) in [4.78, 5) is 0. The van der Waals surface area contributed by atoms with Crippen LogP contribution in [0.5, 0.6) is 0 Å². The summed E-state index contributed by atoms with van der Waals surface area (Å²) in [6.45, 7) is 11.5. The van der Waals surface area contributed by atoms with E-state index in [0.29, 0.717) is 5.16 Å². The molecule has 0 bridgehead atoms. The molecule has 0 unspecified atom stereocenters. The molecule has 0 atom stereocenters. The highest BCUT2D eigenvalue weighted by Crippen LogP contribution is 2.41. The van der Waals surface area contributed by atoms with E-state index in [1.165, 1.54) is 0 Å². The molecule has 0 aliphatic rings. The summed E-state index contributed by atoms with van der Waals surface area (Å²) in [6, 6.07) is 0. The van der Waals surface area contributed by atoms with Gasteiger partial charge in [0.1, 0.15) is 0 Å². The lowest BCUT2D eigenvalue weighted by Gasteiger charge is -2.23. The van der Waals surface area contributed by atoms with Gasteiger partial charge in [0, 0.05) is 0 Å². The van der Waals surface area contributed by atoms with E-state index in [4.69, 9.17) is 0 Å². The fraction of sp³-hybridized carbons (Fsp3) is 1.00. The van der Waals surface area contributed by atoms with Crippen LogP contribution in [0, 0.1) is 0 Å². The average Bonchev–Trinajstić information content (AvgIpc) is 1.31. The molecule has 0 saturated heterocycles. The van der Waals surface area contributed by atoms with Gasteiger partial charge in [-0.2, -0.15) is 0 Å². The maximum atomic E-state index is 2.31. The van der Waals surface area contributed by atoms with Gasteiger partial charge in [0.2, 0.25) is 0 Å². The lowest BCUT2D eigenvalue weighted by Crippen LogP contribution is -2.08. The van der Waals surface area contributed by atoms with Crippen molar-refractivity contribution < 1.29 is 0 Å². The van der Waals surface area contributed by atoms with Crippen molar-refractivity contribution in [2.24, 2.45) is 0 Å². The summed E-state index contributed by atoms with van der Waals surface area (Å²) in [5, 5.41) is 0.565. The van der Waals surface area contributed by atoms with Crippen molar-refractivity contribution in [2.45, 2.75) is 25.9 Å². The second-order valence-electron chi connectivity index (χ2n) is 3.07. The molecule has 0 heterocycles. The van der Waals surface area contributed by atoms with Gasteiger partial charge >= 0.3 is 0 Å². The molecule has 0 nitrogen and oxygen atoms in total. The maximum absolute atomic E-state index is 2.31. The van der Waals surface area contributed by atoms with Gasteiger partial charge in [0.15, 0.2) is 0 Å². The Bertz CT molecular complexity index is 49.7. The van der Waals surface area contributed by atoms with Crippen LogP contribution in [-0.2, 0) is 0 Å². The van der Waals surface area contributed by atoms with E-state index < -0.39 is 0 Å². The van der Waals surface area contributed by atoms with Crippen molar-refractivity contribution in [2.75, 3.05) is 13.3 Å². The third-order valence-electron chi connectivity index (χ3n) is 1.34. The van der Waals surface area contributed by atoms with E-state index in [1.54, 1.807) is 0 Å². The Morgan fingerprint density at radius 2 is 1.14 bits per heavy atom. The molecule has 0 aliphatic heterocycles. The average molecular weight is 118 g/mol. The molecule has 0 spiro atoms. The van der Waals surface area contributed by atoms with Gasteiger partial charge in [-0.1, -0.05) is 20.8 Å². The van der Waals surface area contributed by atoms with E-state index in [9.17, 15) is 0 Å². The Kier molecular flexibility index (Phi) is 2.26. The summed E-state index contributed by atoms with van der Waals surface area (Å²) in [7, 11) is 0.258. The van der Waals surface area contributed by atoms with Crippen molar-refractivity contribution >= 4 is 7.92 Å². The molecule has 7 heavy (non-hydrogen) atoms. The summed E-state index contributed by atoms with van der Waals surface area (Å²) in [6.07, 6.45) is 0. The smallest absolute Gasteiger partial charge is 0.0184 e. The Labute approximate surface area is 48.1 Å². The van der Waals surface area contributed by atoms with Gasteiger partial charge in [0.25, 0.3) is 0 Å². The molecule has 0 aromatic heterocycles. The van der Waals surface area contributed by atoms with Crippen LogP contribution in [0.1, 0.15) is 20.8 Å². The van der Waals surface area contributed by atoms with E-state index in [2.05, 4.69) is 34.1 Å². The van der Waals surface area contributed by atoms with Gasteiger partial charge in [0.05, 0.1) is 0 Å². The molecule has 0 aromatic carbocycles. The van der Waals surface area contributed by atoms with Crippen LogP contribution in [-0.4, -0.2) is 18.5 Å². The predicted molar refractivity (Wildman–Crippen MR) is 38.5 cm³/mol. The highest BCUT2D eigenvalue weighted by molar-refractivity contribution is 7.57. The number of rotatable bonds is 0. The number of hydrogen-bond acceptors (Lipinski definition) is 0. The topological polar surface area (TPSA) is 0 Å². The zero-order valence-electron chi connectivity index (χ0n) is 5.95. The highest BCUT2D eigenvalue weighted by atomic mass is 31.1. The summed E-state index contributed by atoms with van der Waals surface area (Å²) >= 11 is 0. The first kappa shape index (κ1) is 7.43. The first-order chi connectivity index (χ1) is 2.94. The van der Waals surface area contributed by atoms with Crippen LogP contribution in [0.4, 0.5) is 0 Å². The highest BCUT2D eigenvalue weighted by Gasteiger charge is 2.13. The summed E-state index contributed by atoms with van der Waals surface area (Å²) < 4.78 is 0. The fourth-order valence-electron chi connectivity index (χ4n) is 0. The minimum Gasteiger partial charge on any atom is -0.108 e. The van der Waals surface area contributed by atoms with Crippen molar-refractivity contribution in [3.63, 3.8) is 0 Å². The Morgan fingerprint density at radius 3 is 1.14 bits per heavy atom. The zero-order chi connectivity index (χ0) is 6.08. The summed E-state index contributed by atoms with van der Waals surface area (Å²) in [5.41, 5.74) is 0. The second kappa shape index (κ2) is 2.13. The third kappa shape index (κ3) is 3.05. The van der Waals surface area contributed by atoms with Crippen LogP contribution < -0.4 is 0 Å². The maximum Gasteiger partial charge on any atom is -0.0184 e. The fourth-order valence-corrected chi connectivity index (χ4v) is 0. The molecule has 1 heteroatoms. The molecule has 0 saturated carbocycles. The monoisotopic (exact) mass is 118 g/mol. The second-order valence-corrected chi connectivity index (χ2v) is 6.20. The molecule has 44 valence electrons. The quantitative estimate of drug-likeness (QED) is 0.429. The largest absolute Gasteiger partial charge is 0.108 e. The summed E-state index contributed by atoms with van der Waals surface area (Å²) in [5.74, 6) is 0. The molecule has 0 aromatic rings. The SMILES string of the molecule is CP(C)C(C)(C)C. The van der Waals surface area contributed by atoms with Gasteiger partial charge in [-0.05, 0) is 18.5 Å². The van der Waals surface area contributed by atoms with Crippen LogP contribution in [0.15, 0.2) is 0 Å². The first-order valence-electron chi connectivity index (χ1n) is 2.62. The lowest BCUT2D eigenvalue weighted by molar-refractivity contribution is 0.788. The van der Waals surface area contributed by atoms with Gasteiger partial charge in [-0.25, -0.2) is 0 Å². The first-order valence-corrected chi connectivity index (χ1v) is 4.85. The predicted octanol–water partition coefficient (Wildman–Crippen LogP) is 2.53. The van der Waals surface area contributed by atoms with Gasteiger partial charge < -0.3 is 0 Å². The molecular formula is C6H15P. The molecule has 0 rings (SSSR count). The standard InChI is InChI=1S/C6H15P/c1-6(2,3)7(4)5/h1-5H3. The van der Waals surface area contributed by atoms with E-state index in [-0.39, 0.29) is 7.92 Å². The molecule has 0 aliphatic carbocycles. The van der Waals surface area contributed by atoms with Crippen molar-refractivity contribution in [3.05, 3.63) is 0 Å². The minimum atomic E-state index is 0.258. The zero-order valence-corrected chi connectivity index (χ0v) is 6.84. The van der Waals surface area contributed by atoms with Crippen LogP contribution >= 0.6 is 7.92 Å². The van der Waals surface area contributed by atoms with E-state index in [1.807, 2.05) is 0 Å². The molecule has 0 fully saturated rings. The van der Waals surface area contributed by atoms with Crippen molar-refractivity contribution in [3.8, 4) is 0 Å². The molecule has 0 radical (unpaired) electrons. The molecule has 0 amide bonds. The molecule has 0 N–H and O–H groups in total. The Morgan fingerprint density at radius 1 is 1.00 bits per heavy atom. The normalized spacial score (nSPS) is 12.9. The third-order valence-corrected chi connectivity index (χ3v) is 4.02. The van der Waals surface area contributed by atoms with Gasteiger partial charge in [-0.3, -0.25) is 0 Å². The van der Waals surface area contributed by atoms with Gasteiger partial charge in [-0.15, -0.1) is 7.92 Å².